The van der Waals surface area contributed by atoms with Gasteiger partial charge in [-0.1, -0.05) is 45.9 Å². The molecule has 0 fully saturated rings. The summed E-state index contributed by atoms with van der Waals surface area (Å²) in [5, 5.41) is 35.1. The summed E-state index contributed by atoms with van der Waals surface area (Å²) >= 11 is 0. The Morgan fingerprint density at radius 1 is 0.864 bits per heavy atom. The fourth-order valence-electron chi connectivity index (χ4n) is 3.53. The lowest BCUT2D eigenvalue weighted by molar-refractivity contribution is -0.145. The van der Waals surface area contributed by atoms with Crippen LogP contribution >= 0.6 is 21.6 Å². The molecule has 3 atom stereocenters. The van der Waals surface area contributed by atoms with Crippen molar-refractivity contribution in [2.24, 2.45) is 11.7 Å². The number of esters is 1. The first kappa shape index (κ1) is 37.9. The average Bonchev–Trinajstić information content (AvgIpc) is 2.96. The van der Waals surface area contributed by atoms with Crippen LogP contribution in [0.25, 0.3) is 0 Å². The third kappa shape index (κ3) is 15.9. The van der Waals surface area contributed by atoms with Gasteiger partial charge in [-0.3, -0.25) is 33.6 Å². The van der Waals surface area contributed by atoms with Gasteiger partial charge in [0.25, 0.3) is 0 Å². The first-order valence-corrected chi connectivity index (χ1v) is 15.5. The molecular weight excluding hydrogens is 624 g/mol. The number of nitrogens with two attached hydrogens (primary N) is 1. The number of carboxylic acids is 3. The molecule has 0 aromatic heterocycles. The van der Waals surface area contributed by atoms with Gasteiger partial charge in [-0.2, -0.15) is 0 Å². The molecule has 0 aliphatic rings. The van der Waals surface area contributed by atoms with Crippen LogP contribution in [0, 0.1) is 5.92 Å². The van der Waals surface area contributed by atoms with Crippen molar-refractivity contribution in [3.05, 3.63) is 35.4 Å². The molecule has 1 aromatic rings. The van der Waals surface area contributed by atoms with E-state index in [2.05, 4.69) is 16.0 Å². The van der Waals surface area contributed by atoms with E-state index in [-0.39, 0.29) is 31.9 Å². The number of aliphatic carboxylic acids is 3. The molecule has 0 spiro atoms. The second-order valence-corrected chi connectivity index (χ2v) is 11.7. The highest BCUT2D eigenvalue weighted by Gasteiger charge is 2.32. The minimum atomic E-state index is -1.59. The van der Waals surface area contributed by atoms with Crippen LogP contribution in [-0.4, -0.2) is 99.9 Å². The maximum Gasteiger partial charge on any atom is 0.327 e. The number of carbonyl (C=O) groups is 8. The second-order valence-electron chi connectivity index (χ2n) is 9.11. The molecule has 16 nitrogen and oxygen atoms in total. The topological polar surface area (TPSA) is 269 Å². The monoisotopic (exact) mass is 658 g/mol. The SMILES string of the molecule is NCC(=O)OCCSSC[C@H](NC(=O)[C@H](CC(=O)O)CC(=O)[C@H](CC(=O)O)NC(=O)Cc1ccc(CNC=O)cc1)C(=O)O. The summed E-state index contributed by atoms with van der Waals surface area (Å²) < 4.78 is 4.78. The molecule has 1 rings (SSSR count). The molecule has 242 valence electrons. The van der Waals surface area contributed by atoms with Crippen molar-refractivity contribution in [2.75, 3.05) is 24.7 Å². The van der Waals surface area contributed by atoms with Crippen LogP contribution in [0.15, 0.2) is 24.3 Å². The summed E-state index contributed by atoms with van der Waals surface area (Å²) in [4.78, 5) is 94.5. The van der Waals surface area contributed by atoms with E-state index in [1.807, 2.05) is 0 Å². The normalized spacial score (nSPS) is 12.6. The highest BCUT2D eigenvalue weighted by molar-refractivity contribution is 8.76. The Kier molecular flexibility index (Phi) is 17.8. The first-order valence-electron chi connectivity index (χ1n) is 13.0. The van der Waals surface area contributed by atoms with Crippen molar-refractivity contribution in [3.8, 4) is 0 Å². The fraction of sp³-hybridized carbons (Fsp3) is 0.462. The number of amides is 3. The zero-order valence-electron chi connectivity index (χ0n) is 23.4. The Bertz CT molecular complexity index is 1180. The zero-order chi connectivity index (χ0) is 33.1. The molecule has 0 aliphatic heterocycles. The van der Waals surface area contributed by atoms with Gasteiger partial charge in [0, 0.05) is 24.5 Å². The molecule has 0 aliphatic carbocycles. The van der Waals surface area contributed by atoms with Crippen molar-refractivity contribution >= 4 is 69.5 Å². The third-order valence-corrected chi connectivity index (χ3v) is 8.03. The number of hydrogen-bond acceptors (Lipinski definition) is 12. The number of carboxylic acid groups (broad SMARTS) is 3. The number of hydrogen-bond donors (Lipinski definition) is 7. The van der Waals surface area contributed by atoms with Gasteiger partial charge in [-0.05, 0) is 11.1 Å². The van der Waals surface area contributed by atoms with Gasteiger partial charge in [-0.15, -0.1) is 0 Å². The Balaban J connectivity index is 2.84. The van der Waals surface area contributed by atoms with E-state index in [4.69, 9.17) is 10.5 Å². The van der Waals surface area contributed by atoms with Crippen LogP contribution in [0.4, 0.5) is 0 Å². The number of ketones is 1. The zero-order valence-corrected chi connectivity index (χ0v) is 25.0. The molecule has 8 N–H and O–H groups in total. The highest BCUT2D eigenvalue weighted by Crippen LogP contribution is 2.22. The van der Waals surface area contributed by atoms with Gasteiger partial charge in [0.1, 0.15) is 12.6 Å². The van der Waals surface area contributed by atoms with Gasteiger partial charge in [0.2, 0.25) is 18.2 Å². The summed E-state index contributed by atoms with van der Waals surface area (Å²) in [6.45, 7) is 0.0165. The predicted octanol–water partition coefficient (Wildman–Crippen LogP) is -1.06. The maximum atomic E-state index is 13.0. The van der Waals surface area contributed by atoms with Crippen LogP contribution in [0.3, 0.4) is 0 Å². The quantitative estimate of drug-likeness (QED) is 0.0319. The van der Waals surface area contributed by atoms with Gasteiger partial charge in [0.15, 0.2) is 5.78 Å². The molecule has 44 heavy (non-hydrogen) atoms. The first-order chi connectivity index (χ1) is 20.9. The molecule has 0 unspecified atom stereocenters. The van der Waals surface area contributed by atoms with E-state index < -0.39 is 78.7 Å². The molecule has 3 amide bonds. The Labute approximate surface area is 259 Å². The van der Waals surface area contributed by atoms with Gasteiger partial charge in [-0.25, -0.2) is 4.79 Å². The molecule has 0 radical (unpaired) electrons. The second kappa shape index (κ2) is 20.7. The third-order valence-electron chi connectivity index (χ3n) is 5.65. The van der Waals surface area contributed by atoms with E-state index in [0.29, 0.717) is 17.7 Å². The van der Waals surface area contributed by atoms with Gasteiger partial charge < -0.3 is 41.7 Å². The summed E-state index contributed by atoms with van der Waals surface area (Å²) in [7, 11) is 2.19. The average molecular weight is 659 g/mol. The number of ether oxygens (including phenoxy) is 1. The summed E-state index contributed by atoms with van der Waals surface area (Å²) in [5.74, 6) is -9.04. The summed E-state index contributed by atoms with van der Waals surface area (Å²) in [5.41, 5.74) is 6.40. The Hall–Kier alpha value is -4.16. The number of benzene rings is 1. The predicted molar refractivity (Wildman–Crippen MR) is 157 cm³/mol. The van der Waals surface area contributed by atoms with Crippen molar-refractivity contribution in [3.63, 3.8) is 0 Å². The Morgan fingerprint density at radius 2 is 1.50 bits per heavy atom. The van der Waals surface area contributed by atoms with Crippen LogP contribution in [-0.2, 0) is 56.1 Å². The lowest BCUT2D eigenvalue weighted by atomic mass is 9.93. The van der Waals surface area contributed by atoms with E-state index >= 15 is 0 Å². The molecule has 0 saturated heterocycles. The van der Waals surface area contributed by atoms with E-state index in [9.17, 15) is 53.7 Å². The molecule has 18 heteroatoms. The minimum Gasteiger partial charge on any atom is -0.481 e. The largest absolute Gasteiger partial charge is 0.481 e. The summed E-state index contributed by atoms with van der Waals surface area (Å²) in [6, 6.07) is 3.48. The van der Waals surface area contributed by atoms with Gasteiger partial charge in [0.05, 0.1) is 37.8 Å². The number of rotatable bonds is 23. The molecular formula is C26H34N4O12S2. The molecule has 1 aromatic carbocycles. The van der Waals surface area contributed by atoms with Crippen LogP contribution in [0.5, 0.6) is 0 Å². The fourth-order valence-corrected chi connectivity index (χ4v) is 5.51. The Morgan fingerprint density at radius 3 is 2.07 bits per heavy atom. The van der Waals surface area contributed by atoms with Crippen molar-refractivity contribution in [1.82, 2.24) is 16.0 Å². The standard InChI is InChI=1S/C26H34N4O12S2/c27-11-24(38)42-5-6-43-44-13-19(26(40)41)30-25(39)17(9-22(34)35)8-20(32)18(10-23(36)37)29-21(33)7-15-1-3-16(4-2-15)12-28-14-31/h1-4,14,17-19H,5-13,27H2,(H,28,31)(H,29,33)(H,30,39)(H,34,35)(H,36,37)(H,40,41)/t17-,18-,19-/m0/s1. The number of carbonyl (C=O) groups excluding carboxylic acids is 5. The number of nitrogens with one attached hydrogen (secondary N) is 3. The molecule has 0 heterocycles. The van der Waals surface area contributed by atoms with Crippen molar-refractivity contribution < 1.29 is 58.4 Å². The maximum absolute atomic E-state index is 13.0. The van der Waals surface area contributed by atoms with Crippen LogP contribution in [0.1, 0.15) is 30.4 Å². The lowest BCUT2D eigenvalue weighted by Gasteiger charge is -2.21. The van der Waals surface area contributed by atoms with Crippen molar-refractivity contribution in [2.45, 2.75) is 44.3 Å². The van der Waals surface area contributed by atoms with Crippen molar-refractivity contribution in [1.29, 1.82) is 0 Å². The highest BCUT2D eigenvalue weighted by atomic mass is 33.1. The van der Waals surface area contributed by atoms with E-state index in [1.54, 1.807) is 24.3 Å². The van der Waals surface area contributed by atoms with E-state index in [0.717, 1.165) is 27.2 Å². The summed E-state index contributed by atoms with van der Waals surface area (Å²) in [6.07, 6.45) is -2.18. The van der Waals surface area contributed by atoms with Crippen LogP contribution in [0.2, 0.25) is 0 Å². The molecule has 0 bridgehead atoms. The van der Waals surface area contributed by atoms with Gasteiger partial charge >= 0.3 is 23.9 Å². The number of Topliss-reactive ketones (excluding diaryl/α,β-unsaturated/α-hetero) is 1. The van der Waals surface area contributed by atoms with E-state index in [1.165, 1.54) is 0 Å². The molecule has 0 saturated carbocycles. The van der Waals surface area contributed by atoms with Crippen LogP contribution < -0.4 is 21.7 Å². The smallest absolute Gasteiger partial charge is 0.327 e. The minimum absolute atomic E-state index is 0.0289. The lowest BCUT2D eigenvalue weighted by Crippen LogP contribution is -2.48.